The van der Waals surface area contributed by atoms with Crippen LogP contribution in [0.4, 0.5) is 0 Å². The molecule has 0 aromatic rings. The van der Waals surface area contributed by atoms with E-state index in [1.165, 1.54) is 186 Å². The molecular weight excluding hydrogens is 641 g/mol. The van der Waals surface area contributed by atoms with Gasteiger partial charge in [-0.2, -0.15) is 0 Å². The fourth-order valence-electron chi connectivity index (χ4n) is 7.61. The Kier molecular flexibility index (Phi) is 41.6. The molecule has 52 heavy (non-hydrogen) atoms. The van der Waals surface area contributed by atoms with E-state index in [2.05, 4.69) is 20.8 Å². The highest BCUT2D eigenvalue weighted by Gasteiger charge is 2.28. The molecule has 0 aliphatic rings. The third-order valence-corrected chi connectivity index (χ3v) is 11.2. The molecule has 308 valence electrons. The van der Waals surface area contributed by atoms with Crippen molar-refractivity contribution >= 4 is 17.7 Å². The highest BCUT2D eigenvalue weighted by Crippen LogP contribution is 2.21. The Balaban J connectivity index is 4.34. The molecule has 0 aliphatic heterocycles. The van der Waals surface area contributed by atoms with Gasteiger partial charge in [-0.1, -0.05) is 252 Å². The lowest BCUT2D eigenvalue weighted by molar-refractivity contribution is -0.164. The van der Waals surface area contributed by atoms with Gasteiger partial charge in [-0.05, 0) is 19.3 Å². The van der Waals surface area contributed by atoms with Crippen molar-refractivity contribution in [1.29, 1.82) is 0 Å². The number of ether oxygens (including phenoxy) is 1. The van der Waals surface area contributed by atoms with Gasteiger partial charge in [-0.25, -0.2) is 0 Å². The summed E-state index contributed by atoms with van der Waals surface area (Å²) in [6, 6.07) is 0. The second kappa shape index (κ2) is 42.6. The predicted molar refractivity (Wildman–Crippen MR) is 226 cm³/mol. The predicted octanol–water partition coefficient (Wildman–Crippen LogP) is 16.3. The maximum absolute atomic E-state index is 13.3. The second-order valence-electron chi connectivity index (χ2n) is 16.5. The molecule has 0 radical (unpaired) electrons. The van der Waals surface area contributed by atoms with Crippen LogP contribution in [-0.4, -0.2) is 17.7 Å². The molecule has 0 N–H and O–H groups in total. The Morgan fingerprint density at radius 3 is 0.885 bits per heavy atom. The van der Waals surface area contributed by atoms with Crippen LogP contribution < -0.4 is 0 Å². The molecule has 0 amide bonds. The van der Waals surface area contributed by atoms with Gasteiger partial charge >= 0.3 is 11.9 Å². The first-order valence-electron chi connectivity index (χ1n) is 23.8. The summed E-state index contributed by atoms with van der Waals surface area (Å²) in [5.41, 5.74) is 0. The summed E-state index contributed by atoms with van der Waals surface area (Å²) in [4.78, 5) is 39.0. The number of rotatable bonds is 43. The van der Waals surface area contributed by atoms with Crippen LogP contribution in [0.1, 0.15) is 284 Å². The summed E-state index contributed by atoms with van der Waals surface area (Å²) in [6.07, 6.45) is 49.0. The normalized spacial score (nSPS) is 12.0. The van der Waals surface area contributed by atoms with Crippen molar-refractivity contribution in [2.24, 2.45) is 5.92 Å². The molecule has 0 spiro atoms. The molecule has 0 saturated carbocycles. The van der Waals surface area contributed by atoms with Gasteiger partial charge in [0, 0.05) is 12.8 Å². The topological polar surface area (TPSA) is 60.4 Å². The highest BCUT2D eigenvalue weighted by molar-refractivity contribution is 6.02. The first-order valence-corrected chi connectivity index (χ1v) is 23.8. The molecule has 0 saturated heterocycles. The van der Waals surface area contributed by atoms with Crippen molar-refractivity contribution < 1.29 is 19.1 Å². The summed E-state index contributed by atoms with van der Waals surface area (Å²) < 4.78 is 5.32. The fourth-order valence-corrected chi connectivity index (χ4v) is 7.61. The largest absolute Gasteiger partial charge is 0.393 e. The minimum atomic E-state index is -0.768. The van der Waals surface area contributed by atoms with Crippen LogP contribution in [0.15, 0.2) is 0 Å². The van der Waals surface area contributed by atoms with Gasteiger partial charge in [-0.3, -0.25) is 14.4 Å². The van der Waals surface area contributed by atoms with Gasteiger partial charge in [0.05, 0.1) is 0 Å². The molecule has 0 heterocycles. The van der Waals surface area contributed by atoms with Crippen molar-refractivity contribution in [3.05, 3.63) is 0 Å². The average Bonchev–Trinajstić information content (AvgIpc) is 3.14. The number of hydrogen-bond donors (Lipinski definition) is 0. The summed E-state index contributed by atoms with van der Waals surface area (Å²) in [5.74, 6) is -1.80. The zero-order valence-electron chi connectivity index (χ0n) is 35.7. The Labute approximate surface area is 325 Å². The number of Topliss-reactive ketones (excluding diaryl/α,β-unsaturated/α-hetero) is 1. The van der Waals surface area contributed by atoms with E-state index in [-0.39, 0.29) is 12.2 Å². The molecule has 1 atom stereocenters. The third kappa shape index (κ3) is 37.1. The van der Waals surface area contributed by atoms with Crippen LogP contribution >= 0.6 is 0 Å². The highest BCUT2D eigenvalue weighted by atomic mass is 16.6. The van der Waals surface area contributed by atoms with Crippen LogP contribution in [0.3, 0.4) is 0 Å². The summed E-state index contributed by atoms with van der Waals surface area (Å²) in [6.45, 7) is 6.81. The van der Waals surface area contributed by atoms with E-state index in [9.17, 15) is 14.4 Å². The van der Waals surface area contributed by atoms with E-state index in [4.69, 9.17) is 4.74 Å². The molecule has 0 bridgehead atoms. The maximum Gasteiger partial charge on any atom is 0.324 e. The van der Waals surface area contributed by atoms with E-state index in [1.54, 1.807) is 0 Å². The van der Waals surface area contributed by atoms with Gasteiger partial charge in [0.1, 0.15) is 11.7 Å². The summed E-state index contributed by atoms with van der Waals surface area (Å²) >= 11 is 0. The van der Waals surface area contributed by atoms with Crippen molar-refractivity contribution in [1.82, 2.24) is 0 Å². The van der Waals surface area contributed by atoms with E-state index in [1.807, 2.05) is 0 Å². The minimum Gasteiger partial charge on any atom is -0.393 e. The molecule has 0 aromatic carbocycles. The summed E-state index contributed by atoms with van der Waals surface area (Å²) in [7, 11) is 0. The standard InChI is InChI=1S/C48H92O4/c1-4-7-10-13-16-19-22-25-28-31-34-37-40-43-46(49)45(42-39-36-33-30-27-24-21-18-15-12-9-6-3)48(51)52-47(50)44-41-38-35-32-29-26-23-20-17-14-11-8-5-2/h45H,4-44H2,1-3H3. The Morgan fingerprint density at radius 1 is 0.327 bits per heavy atom. The molecule has 0 aliphatic carbocycles. The van der Waals surface area contributed by atoms with Crippen molar-refractivity contribution in [3.63, 3.8) is 0 Å². The van der Waals surface area contributed by atoms with Crippen molar-refractivity contribution in [2.75, 3.05) is 0 Å². The maximum atomic E-state index is 13.3. The first kappa shape index (κ1) is 50.8. The van der Waals surface area contributed by atoms with Crippen LogP contribution in [0, 0.1) is 5.92 Å². The molecule has 4 nitrogen and oxygen atoms in total. The molecule has 4 heteroatoms. The zero-order valence-corrected chi connectivity index (χ0v) is 35.7. The zero-order chi connectivity index (χ0) is 38.0. The van der Waals surface area contributed by atoms with Gasteiger partial charge in [-0.15, -0.1) is 0 Å². The third-order valence-electron chi connectivity index (χ3n) is 11.2. The quantitative estimate of drug-likeness (QED) is 0.0356. The van der Waals surface area contributed by atoms with E-state index < -0.39 is 17.9 Å². The fraction of sp³-hybridized carbons (Fsp3) is 0.938. The SMILES string of the molecule is CCCCCCCCCCCCCCCC(=O)OC(=O)C(CCCCCCCCCCCCCC)C(=O)CCCCCCCCCCCCCCC. The Bertz CT molecular complexity index is 761. The van der Waals surface area contributed by atoms with Crippen LogP contribution in [0.2, 0.25) is 0 Å². The minimum absolute atomic E-state index is 0.00935. The average molecular weight is 733 g/mol. The van der Waals surface area contributed by atoms with Crippen LogP contribution in [0.5, 0.6) is 0 Å². The van der Waals surface area contributed by atoms with E-state index in [0.717, 1.165) is 57.8 Å². The monoisotopic (exact) mass is 733 g/mol. The first-order chi connectivity index (χ1) is 25.6. The molecular formula is C48H92O4. The van der Waals surface area contributed by atoms with Crippen molar-refractivity contribution in [3.8, 4) is 0 Å². The van der Waals surface area contributed by atoms with Crippen LogP contribution in [-0.2, 0) is 19.1 Å². The lowest BCUT2D eigenvalue weighted by Gasteiger charge is -2.14. The number of hydrogen-bond acceptors (Lipinski definition) is 4. The lowest BCUT2D eigenvalue weighted by Crippen LogP contribution is -2.28. The Hall–Kier alpha value is -1.19. The van der Waals surface area contributed by atoms with Gasteiger partial charge in [0.2, 0.25) is 0 Å². The molecule has 1 unspecified atom stereocenters. The lowest BCUT2D eigenvalue weighted by atomic mass is 9.92. The number of unbranched alkanes of at least 4 members (excludes halogenated alkanes) is 35. The number of esters is 2. The van der Waals surface area contributed by atoms with Crippen molar-refractivity contribution in [2.45, 2.75) is 284 Å². The second-order valence-corrected chi connectivity index (χ2v) is 16.5. The number of ketones is 1. The van der Waals surface area contributed by atoms with Gasteiger partial charge in [0.15, 0.2) is 0 Å². The molecule has 0 aromatic heterocycles. The number of carbonyl (C=O) groups is 3. The smallest absolute Gasteiger partial charge is 0.324 e. The summed E-state index contributed by atoms with van der Waals surface area (Å²) in [5, 5.41) is 0. The Morgan fingerprint density at radius 2 is 0.577 bits per heavy atom. The molecule has 0 rings (SSSR count). The number of carbonyl (C=O) groups excluding carboxylic acids is 3. The van der Waals surface area contributed by atoms with E-state index >= 15 is 0 Å². The molecule has 0 fully saturated rings. The van der Waals surface area contributed by atoms with Gasteiger partial charge in [0.25, 0.3) is 0 Å². The van der Waals surface area contributed by atoms with Crippen LogP contribution in [0.25, 0.3) is 0 Å². The van der Waals surface area contributed by atoms with Gasteiger partial charge < -0.3 is 4.74 Å². The van der Waals surface area contributed by atoms with E-state index in [0.29, 0.717) is 12.8 Å².